The number of pyridine rings is 1. The van der Waals surface area contributed by atoms with Crippen LogP contribution in [0.3, 0.4) is 0 Å². The molecule has 102 valence electrons. The highest BCUT2D eigenvalue weighted by atomic mass is 16.5. The van der Waals surface area contributed by atoms with Crippen molar-refractivity contribution in [3.05, 3.63) is 53.3 Å². The number of fused-ring (bicyclic) bond motifs is 1. The normalized spacial score (nSPS) is 13.2. The number of hydrogen-bond acceptors (Lipinski definition) is 4. The second-order valence-electron chi connectivity index (χ2n) is 4.80. The molecule has 0 saturated carbocycles. The number of rotatable bonds is 3. The van der Waals surface area contributed by atoms with Crippen molar-refractivity contribution in [2.45, 2.75) is 12.8 Å². The van der Waals surface area contributed by atoms with Crippen LogP contribution >= 0.6 is 0 Å². The Morgan fingerprint density at radius 3 is 3.10 bits per heavy atom. The zero-order valence-electron chi connectivity index (χ0n) is 11.3. The first-order chi connectivity index (χ1) is 9.79. The van der Waals surface area contributed by atoms with Crippen molar-refractivity contribution in [3.63, 3.8) is 0 Å². The summed E-state index contributed by atoms with van der Waals surface area (Å²) in [7, 11) is 1.57. The lowest BCUT2D eigenvalue weighted by Crippen LogP contribution is -2.16. The standard InChI is InChI=1S/C16H16N2O2/c1-20-12-8-11(9-17-10-12)16(19)14-4-2-6-15-13(14)5-3-7-18-15/h2,4,6,8-10,18H,3,5,7H2,1H3. The summed E-state index contributed by atoms with van der Waals surface area (Å²) in [5.41, 5.74) is 3.48. The predicted octanol–water partition coefficient (Wildman–Crippen LogP) is 2.68. The highest BCUT2D eigenvalue weighted by Gasteiger charge is 2.19. The number of methoxy groups -OCH3 is 1. The molecule has 4 nitrogen and oxygen atoms in total. The molecular formula is C16H16N2O2. The monoisotopic (exact) mass is 268 g/mol. The van der Waals surface area contributed by atoms with Crippen molar-refractivity contribution in [1.29, 1.82) is 0 Å². The van der Waals surface area contributed by atoms with Crippen LogP contribution in [0.2, 0.25) is 0 Å². The van der Waals surface area contributed by atoms with Gasteiger partial charge in [0.15, 0.2) is 5.78 Å². The average molecular weight is 268 g/mol. The molecule has 0 fully saturated rings. The third-order valence-corrected chi connectivity index (χ3v) is 3.55. The van der Waals surface area contributed by atoms with Gasteiger partial charge in [-0.25, -0.2) is 0 Å². The molecule has 20 heavy (non-hydrogen) atoms. The maximum atomic E-state index is 12.7. The van der Waals surface area contributed by atoms with Gasteiger partial charge in [0.05, 0.1) is 13.3 Å². The minimum absolute atomic E-state index is 0.00282. The molecule has 1 N–H and O–H groups in total. The molecule has 4 heteroatoms. The number of anilines is 1. The molecule has 0 saturated heterocycles. The first-order valence-corrected chi connectivity index (χ1v) is 6.69. The van der Waals surface area contributed by atoms with E-state index >= 15 is 0 Å². The Morgan fingerprint density at radius 1 is 1.35 bits per heavy atom. The van der Waals surface area contributed by atoms with Crippen molar-refractivity contribution < 1.29 is 9.53 Å². The Labute approximate surface area is 117 Å². The van der Waals surface area contributed by atoms with Crippen LogP contribution in [-0.2, 0) is 6.42 Å². The fourth-order valence-electron chi connectivity index (χ4n) is 2.53. The van der Waals surface area contributed by atoms with Crippen molar-refractivity contribution in [2.75, 3.05) is 19.0 Å². The minimum atomic E-state index is -0.00282. The Morgan fingerprint density at radius 2 is 2.25 bits per heavy atom. The van der Waals surface area contributed by atoms with Gasteiger partial charge in [0.25, 0.3) is 0 Å². The molecule has 0 unspecified atom stereocenters. The molecule has 1 aromatic heterocycles. The van der Waals surface area contributed by atoms with E-state index in [-0.39, 0.29) is 5.78 Å². The second-order valence-corrected chi connectivity index (χ2v) is 4.80. The molecule has 0 atom stereocenters. The molecule has 0 spiro atoms. The van der Waals surface area contributed by atoms with Gasteiger partial charge in [0, 0.05) is 29.6 Å². The number of hydrogen-bond donors (Lipinski definition) is 1. The van der Waals surface area contributed by atoms with E-state index in [0.29, 0.717) is 11.3 Å². The van der Waals surface area contributed by atoms with Crippen LogP contribution in [0.5, 0.6) is 5.75 Å². The van der Waals surface area contributed by atoms with E-state index in [1.54, 1.807) is 25.6 Å². The zero-order chi connectivity index (χ0) is 13.9. The fourth-order valence-corrected chi connectivity index (χ4v) is 2.53. The number of carbonyl (C=O) groups excluding carboxylic acids is 1. The summed E-state index contributed by atoms with van der Waals surface area (Å²) in [4.78, 5) is 16.7. The molecule has 0 aliphatic carbocycles. The lowest BCUT2D eigenvalue weighted by atomic mass is 9.93. The summed E-state index contributed by atoms with van der Waals surface area (Å²) in [6.45, 7) is 0.964. The zero-order valence-corrected chi connectivity index (χ0v) is 11.3. The van der Waals surface area contributed by atoms with Crippen molar-refractivity contribution >= 4 is 11.5 Å². The summed E-state index contributed by atoms with van der Waals surface area (Å²) in [5, 5.41) is 3.34. The van der Waals surface area contributed by atoms with Crippen molar-refractivity contribution in [1.82, 2.24) is 4.98 Å². The summed E-state index contributed by atoms with van der Waals surface area (Å²) in [6.07, 6.45) is 5.16. The number of nitrogens with zero attached hydrogens (tertiary/aromatic N) is 1. The summed E-state index contributed by atoms with van der Waals surface area (Å²) in [5.74, 6) is 0.593. The highest BCUT2D eigenvalue weighted by Crippen LogP contribution is 2.27. The van der Waals surface area contributed by atoms with Gasteiger partial charge >= 0.3 is 0 Å². The van der Waals surface area contributed by atoms with Gasteiger partial charge in [-0.1, -0.05) is 12.1 Å². The van der Waals surface area contributed by atoms with E-state index in [9.17, 15) is 4.79 Å². The third-order valence-electron chi connectivity index (χ3n) is 3.55. The lowest BCUT2D eigenvalue weighted by molar-refractivity contribution is 0.103. The van der Waals surface area contributed by atoms with Crippen LogP contribution in [0, 0.1) is 0 Å². The first-order valence-electron chi connectivity index (χ1n) is 6.69. The maximum Gasteiger partial charge on any atom is 0.195 e. The quantitative estimate of drug-likeness (QED) is 0.870. The van der Waals surface area contributed by atoms with Crippen LogP contribution in [0.25, 0.3) is 0 Å². The Kier molecular flexibility index (Phi) is 3.37. The maximum absolute atomic E-state index is 12.7. The number of benzene rings is 1. The van der Waals surface area contributed by atoms with E-state index in [1.165, 1.54) is 0 Å². The van der Waals surface area contributed by atoms with Crippen LogP contribution in [0.4, 0.5) is 5.69 Å². The van der Waals surface area contributed by atoms with E-state index < -0.39 is 0 Å². The molecule has 0 radical (unpaired) electrons. The number of nitrogens with one attached hydrogen (secondary N) is 1. The third kappa shape index (κ3) is 2.25. The number of carbonyl (C=O) groups is 1. The largest absolute Gasteiger partial charge is 0.495 e. The van der Waals surface area contributed by atoms with Crippen LogP contribution in [0.15, 0.2) is 36.7 Å². The molecule has 2 heterocycles. The van der Waals surface area contributed by atoms with Gasteiger partial charge in [0.2, 0.25) is 0 Å². The first kappa shape index (κ1) is 12.7. The van der Waals surface area contributed by atoms with Gasteiger partial charge in [-0.15, -0.1) is 0 Å². The van der Waals surface area contributed by atoms with Crippen LogP contribution < -0.4 is 10.1 Å². The highest BCUT2D eigenvalue weighted by molar-refractivity contribution is 6.10. The van der Waals surface area contributed by atoms with Gasteiger partial charge in [-0.05, 0) is 30.5 Å². The fraction of sp³-hybridized carbons (Fsp3) is 0.250. The summed E-state index contributed by atoms with van der Waals surface area (Å²) < 4.78 is 5.13. The summed E-state index contributed by atoms with van der Waals surface area (Å²) >= 11 is 0. The Bertz CT molecular complexity index is 653. The minimum Gasteiger partial charge on any atom is -0.495 e. The SMILES string of the molecule is COc1cncc(C(=O)c2cccc3c2CCCN3)c1. The number of ether oxygens (including phenoxy) is 1. The van der Waals surface area contributed by atoms with E-state index in [4.69, 9.17) is 4.74 Å². The molecule has 0 amide bonds. The molecule has 3 rings (SSSR count). The molecular weight excluding hydrogens is 252 g/mol. The van der Waals surface area contributed by atoms with E-state index in [0.717, 1.165) is 36.2 Å². The van der Waals surface area contributed by atoms with E-state index in [1.807, 2.05) is 18.2 Å². The van der Waals surface area contributed by atoms with Crippen molar-refractivity contribution in [2.24, 2.45) is 0 Å². The van der Waals surface area contributed by atoms with E-state index in [2.05, 4.69) is 10.3 Å². The molecule has 1 aliphatic rings. The number of ketones is 1. The summed E-state index contributed by atoms with van der Waals surface area (Å²) in [6, 6.07) is 7.55. The predicted molar refractivity (Wildman–Crippen MR) is 77.5 cm³/mol. The lowest BCUT2D eigenvalue weighted by Gasteiger charge is -2.20. The van der Waals surface area contributed by atoms with Gasteiger partial charge in [-0.2, -0.15) is 0 Å². The van der Waals surface area contributed by atoms with Crippen LogP contribution in [-0.4, -0.2) is 24.4 Å². The van der Waals surface area contributed by atoms with Crippen LogP contribution in [0.1, 0.15) is 27.9 Å². The molecule has 0 bridgehead atoms. The molecule has 1 aromatic carbocycles. The van der Waals surface area contributed by atoms with Gasteiger partial charge < -0.3 is 10.1 Å². The Balaban J connectivity index is 2.02. The molecule has 2 aromatic rings. The average Bonchev–Trinajstić information content (AvgIpc) is 2.53. The molecule has 1 aliphatic heterocycles. The van der Waals surface area contributed by atoms with Crippen molar-refractivity contribution in [3.8, 4) is 5.75 Å². The number of aromatic nitrogens is 1. The van der Waals surface area contributed by atoms with Gasteiger partial charge in [0.1, 0.15) is 5.75 Å². The van der Waals surface area contributed by atoms with Gasteiger partial charge in [-0.3, -0.25) is 9.78 Å². The smallest absolute Gasteiger partial charge is 0.195 e. The topological polar surface area (TPSA) is 51.2 Å². The second kappa shape index (κ2) is 5.33. The Hall–Kier alpha value is -2.36.